The van der Waals surface area contributed by atoms with E-state index in [0.717, 1.165) is 24.8 Å². The van der Waals surface area contributed by atoms with E-state index in [2.05, 4.69) is 4.99 Å². The lowest BCUT2D eigenvalue weighted by molar-refractivity contribution is -0.141. The summed E-state index contributed by atoms with van der Waals surface area (Å²) < 4.78 is 0. The first-order chi connectivity index (χ1) is 17.3. The van der Waals surface area contributed by atoms with Crippen LogP contribution < -0.4 is 4.90 Å². The van der Waals surface area contributed by atoms with Gasteiger partial charge in [0.2, 0.25) is 0 Å². The Balaban J connectivity index is 1.29. The normalized spacial score (nSPS) is 29.8. The summed E-state index contributed by atoms with van der Waals surface area (Å²) in [6.07, 6.45) is 8.67. The summed E-state index contributed by atoms with van der Waals surface area (Å²) in [6.45, 7) is 0. The summed E-state index contributed by atoms with van der Waals surface area (Å²) >= 11 is 20.1. The number of amidine groups is 1. The van der Waals surface area contributed by atoms with E-state index in [1.54, 1.807) is 36.4 Å². The van der Waals surface area contributed by atoms with Gasteiger partial charge in [-0.05, 0) is 92.2 Å². The molecule has 1 heterocycles. The number of rotatable bonds is 5. The van der Waals surface area contributed by atoms with Gasteiger partial charge in [0.1, 0.15) is 11.5 Å². The topological polar surface area (TPSA) is 49.7 Å². The van der Waals surface area contributed by atoms with Crippen LogP contribution in [-0.4, -0.2) is 22.6 Å². The molecule has 7 rings (SSSR count). The second-order valence-corrected chi connectivity index (χ2v) is 12.8. The van der Waals surface area contributed by atoms with Crippen molar-refractivity contribution in [3.8, 4) is 0 Å². The number of amides is 1. The third-order valence-electron chi connectivity index (χ3n) is 8.14. The minimum atomic E-state index is -0.307. The lowest BCUT2D eigenvalue weighted by Gasteiger charge is -2.56. The fraction of sp³-hybridized carbons (Fsp3) is 0.393. The highest BCUT2D eigenvalue weighted by Crippen LogP contribution is 2.60. The fourth-order valence-electron chi connectivity index (χ4n) is 6.92. The number of hydrogen-bond acceptors (Lipinski definition) is 4. The molecule has 0 atom stereocenters. The molecule has 4 nitrogen and oxygen atoms in total. The Kier molecular flexibility index (Phi) is 6.48. The van der Waals surface area contributed by atoms with E-state index in [0.29, 0.717) is 50.2 Å². The van der Waals surface area contributed by atoms with Gasteiger partial charge < -0.3 is 0 Å². The summed E-state index contributed by atoms with van der Waals surface area (Å²) in [5, 5.41) is 1.69. The average molecular weight is 560 g/mol. The number of ketones is 1. The van der Waals surface area contributed by atoms with Crippen LogP contribution in [0.3, 0.4) is 0 Å². The van der Waals surface area contributed by atoms with Crippen LogP contribution >= 0.6 is 46.6 Å². The molecule has 0 saturated heterocycles. The maximum Gasteiger partial charge on any atom is 0.283 e. The Bertz CT molecular complexity index is 1270. The highest BCUT2D eigenvalue weighted by atomic mass is 35.5. The molecule has 1 aliphatic heterocycles. The van der Waals surface area contributed by atoms with E-state index in [1.165, 1.54) is 35.9 Å². The first-order valence-corrected chi connectivity index (χ1v) is 14.4. The van der Waals surface area contributed by atoms with Gasteiger partial charge in [0.05, 0.1) is 21.5 Å². The summed E-state index contributed by atoms with van der Waals surface area (Å²) in [6, 6.07) is 12.4. The van der Waals surface area contributed by atoms with Gasteiger partial charge in [-0.15, -0.1) is 0 Å². The monoisotopic (exact) mass is 558 g/mol. The smallest absolute Gasteiger partial charge is 0.283 e. The molecule has 36 heavy (non-hydrogen) atoms. The molecule has 0 aromatic heterocycles. The van der Waals surface area contributed by atoms with Crippen LogP contribution in [0, 0.1) is 23.2 Å². The largest absolute Gasteiger partial charge is 0.298 e. The van der Waals surface area contributed by atoms with Crippen LogP contribution in [0.15, 0.2) is 53.2 Å². The zero-order valence-electron chi connectivity index (χ0n) is 19.6. The standard InChI is InChI=1S/C28H25Cl3N2O2S/c29-20-6-4-16(5-7-20)11-22-26(35)33(23-3-1-2-21(30)25(23)31)27(32-22)36-15-24(34)28-12-17-8-18(13-28)10-19(9-17)14-28/h1-7,11,17-19H,8-10,12-15H2/b22-11-. The Hall–Kier alpha value is -1.79. The quantitative estimate of drug-likeness (QED) is 0.350. The van der Waals surface area contributed by atoms with Gasteiger partial charge in [-0.3, -0.25) is 14.5 Å². The number of hydrogen-bond donors (Lipinski definition) is 0. The van der Waals surface area contributed by atoms with Crippen molar-refractivity contribution in [3.63, 3.8) is 0 Å². The Labute approximate surface area is 230 Å². The first kappa shape index (κ1) is 24.5. The number of carbonyl (C=O) groups excluding carboxylic acids is 2. The summed E-state index contributed by atoms with van der Waals surface area (Å²) in [7, 11) is 0. The van der Waals surface area contributed by atoms with Crippen LogP contribution in [0.5, 0.6) is 0 Å². The molecule has 1 amide bonds. The molecule has 4 saturated carbocycles. The molecular weight excluding hydrogens is 535 g/mol. The Morgan fingerprint density at radius 2 is 1.64 bits per heavy atom. The molecular formula is C28H25Cl3N2O2S. The second-order valence-electron chi connectivity index (χ2n) is 10.6. The summed E-state index contributed by atoms with van der Waals surface area (Å²) in [4.78, 5) is 33.3. The van der Waals surface area contributed by atoms with Crippen molar-refractivity contribution in [3.05, 3.63) is 68.8 Å². The van der Waals surface area contributed by atoms with Crippen molar-refractivity contribution in [1.29, 1.82) is 0 Å². The van der Waals surface area contributed by atoms with E-state index in [9.17, 15) is 9.59 Å². The van der Waals surface area contributed by atoms with Crippen LogP contribution in [0.1, 0.15) is 44.1 Å². The van der Waals surface area contributed by atoms with Crippen molar-refractivity contribution in [2.24, 2.45) is 28.2 Å². The molecule has 0 spiro atoms. The third-order valence-corrected chi connectivity index (χ3v) is 10.1. The number of Topliss-reactive ketones (excluding diaryl/α,β-unsaturated/α-hetero) is 1. The van der Waals surface area contributed by atoms with Gasteiger partial charge in [-0.2, -0.15) is 0 Å². The maximum absolute atomic E-state index is 13.7. The molecule has 8 heteroatoms. The molecule has 5 aliphatic rings. The zero-order valence-corrected chi connectivity index (χ0v) is 22.6. The molecule has 0 radical (unpaired) electrons. The van der Waals surface area contributed by atoms with E-state index in [4.69, 9.17) is 34.8 Å². The number of halogens is 3. The van der Waals surface area contributed by atoms with E-state index < -0.39 is 0 Å². The van der Waals surface area contributed by atoms with Gasteiger partial charge in [-0.25, -0.2) is 4.99 Å². The van der Waals surface area contributed by atoms with Crippen molar-refractivity contribution in [1.82, 2.24) is 0 Å². The molecule has 186 valence electrons. The van der Waals surface area contributed by atoms with Gasteiger partial charge in [-0.1, -0.05) is 64.8 Å². The summed E-state index contributed by atoms with van der Waals surface area (Å²) in [5.41, 5.74) is 1.35. The molecule has 0 unspecified atom stereocenters. The second kappa shape index (κ2) is 9.50. The van der Waals surface area contributed by atoms with Gasteiger partial charge in [0, 0.05) is 10.4 Å². The van der Waals surface area contributed by atoms with Crippen molar-refractivity contribution in [2.45, 2.75) is 38.5 Å². The lowest BCUT2D eigenvalue weighted by Crippen LogP contribution is -2.50. The predicted octanol–water partition coefficient (Wildman–Crippen LogP) is 7.91. The number of nitrogens with zero attached hydrogens (tertiary/aromatic N) is 2. The van der Waals surface area contributed by atoms with E-state index >= 15 is 0 Å². The first-order valence-electron chi connectivity index (χ1n) is 12.3. The number of benzene rings is 2. The van der Waals surface area contributed by atoms with Crippen LogP contribution in [0.4, 0.5) is 5.69 Å². The van der Waals surface area contributed by atoms with Crippen molar-refractivity contribution >= 4 is 75.2 Å². The fourth-order valence-corrected chi connectivity index (χ4v) is 8.47. The number of anilines is 1. The minimum absolute atomic E-state index is 0.189. The number of aliphatic imine (C=N–C) groups is 1. The Morgan fingerprint density at radius 3 is 2.28 bits per heavy atom. The van der Waals surface area contributed by atoms with Crippen LogP contribution in [-0.2, 0) is 9.59 Å². The number of thioether (sulfide) groups is 1. The highest BCUT2D eigenvalue weighted by molar-refractivity contribution is 8.14. The molecule has 4 bridgehead atoms. The SMILES string of the molecule is O=C1/C(=C/c2ccc(Cl)cc2)N=C(SCC(=O)C23CC4CC(CC(C4)C2)C3)N1c1cccc(Cl)c1Cl. The van der Waals surface area contributed by atoms with Crippen molar-refractivity contribution < 1.29 is 9.59 Å². The van der Waals surface area contributed by atoms with Crippen LogP contribution in [0.25, 0.3) is 6.08 Å². The van der Waals surface area contributed by atoms with E-state index in [1.807, 2.05) is 12.1 Å². The minimum Gasteiger partial charge on any atom is -0.298 e. The summed E-state index contributed by atoms with van der Waals surface area (Å²) in [5.74, 6) is 2.39. The Morgan fingerprint density at radius 1 is 1.00 bits per heavy atom. The molecule has 2 aromatic rings. The molecule has 2 aromatic carbocycles. The van der Waals surface area contributed by atoms with E-state index in [-0.39, 0.29) is 22.0 Å². The predicted molar refractivity (Wildman–Crippen MR) is 149 cm³/mol. The highest BCUT2D eigenvalue weighted by Gasteiger charge is 2.54. The van der Waals surface area contributed by atoms with Crippen LogP contribution in [0.2, 0.25) is 15.1 Å². The molecule has 0 N–H and O–H groups in total. The number of carbonyl (C=O) groups is 2. The maximum atomic E-state index is 13.7. The van der Waals surface area contributed by atoms with Gasteiger partial charge >= 0.3 is 0 Å². The average Bonchev–Trinajstić information content (AvgIpc) is 3.14. The van der Waals surface area contributed by atoms with Gasteiger partial charge in [0.25, 0.3) is 5.91 Å². The van der Waals surface area contributed by atoms with Gasteiger partial charge in [0.15, 0.2) is 5.17 Å². The zero-order chi connectivity index (χ0) is 25.0. The molecule has 4 aliphatic carbocycles. The molecule has 4 fully saturated rings. The third kappa shape index (κ3) is 4.42. The lowest BCUT2D eigenvalue weighted by atomic mass is 9.48. The van der Waals surface area contributed by atoms with Crippen molar-refractivity contribution in [2.75, 3.05) is 10.7 Å².